The molecule has 0 bridgehead atoms. The molecule has 0 spiro atoms. The maximum absolute atomic E-state index is 12.8. The quantitative estimate of drug-likeness (QED) is 0.123. The van der Waals surface area contributed by atoms with Crippen molar-refractivity contribution in [2.24, 2.45) is 0 Å². The van der Waals surface area contributed by atoms with Crippen LogP contribution in [0.3, 0.4) is 0 Å². The van der Waals surface area contributed by atoms with Gasteiger partial charge in [-0.25, -0.2) is 0 Å². The lowest BCUT2D eigenvalue weighted by Crippen LogP contribution is -2.45. The number of piperidine rings is 1. The van der Waals surface area contributed by atoms with E-state index in [0.29, 0.717) is 38.1 Å². The van der Waals surface area contributed by atoms with Crippen LogP contribution in [0.5, 0.6) is 0 Å². The van der Waals surface area contributed by atoms with Crippen LogP contribution >= 0.6 is 0 Å². The Labute approximate surface area is 242 Å². The van der Waals surface area contributed by atoms with Gasteiger partial charge < -0.3 is 23.8 Å². The third kappa shape index (κ3) is 15.0. The minimum atomic E-state index is -1.01. The van der Waals surface area contributed by atoms with Crippen molar-refractivity contribution in [3.63, 3.8) is 0 Å². The summed E-state index contributed by atoms with van der Waals surface area (Å²) < 4.78 is 22.4. The highest BCUT2D eigenvalue weighted by Crippen LogP contribution is 2.23. The van der Waals surface area contributed by atoms with Crippen molar-refractivity contribution in [1.82, 2.24) is 4.90 Å². The van der Waals surface area contributed by atoms with Gasteiger partial charge in [0.15, 0.2) is 6.10 Å². The fraction of sp³-hybridized carbons (Fsp3) is 0.871. The number of rotatable bonds is 21. The summed E-state index contributed by atoms with van der Waals surface area (Å²) in [6.07, 6.45) is 8.14. The van der Waals surface area contributed by atoms with Crippen LogP contribution in [0.15, 0.2) is 0 Å². The van der Waals surface area contributed by atoms with E-state index in [1.54, 1.807) is 6.92 Å². The standard InChI is InChI=1S/C31H55NO8/c1-6-10-17-25-18-11-12-21-32(25)22-13-19-30(36)38-24(5)31(40-29(35)16-9-4)26(39-28(34)15-8-3)20-23-37-27(33)14-7-2/h24-26,31H,6-23H2,1-5H3/t24-,25?,26+,31+/m0/s1. The van der Waals surface area contributed by atoms with Gasteiger partial charge in [0.05, 0.1) is 6.61 Å². The molecule has 1 rings (SSSR count). The van der Waals surface area contributed by atoms with E-state index in [0.717, 1.165) is 13.1 Å². The van der Waals surface area contributed by atoms with E-state index in [4.69, 9.17) is 18.9 Å². The lowest BCUT2D eigenvalue weighted by atomic mass is 9.97. The fourth-order valence-electron chi connectivity index (χ4n) is 5.06. The van der Waals surface area contributed by atoms with Crippen molar-refractivity contribution in [2.45, 2.75) is 155 Å². The number of unbranched alkanes of at least 4 members (excludes halogenated alkanes) is 1. The summed E-state index contributed by atoms with van der Waals surface area (Å²) in [5.41, 5.74) is 0. The highest BCUT2D eigenvalue weighted by molar-refractivity contribution is 5.71. The largest absolute Gasteiger partial charge is 0.466 e. The predicted octanol–water partition coefficient (Wildman–Crippen LogP) is 5.90. The molecule has 1 heterocycles. The van der Waals surface area contributed by atoms with Crippen molar-refractivity contribution in [1.29, 1.82) is 0 Å². The Kier molecular flexibility index (Phi) is 19.3. The zero-order valence-corrected chi connectivity index (χ0v) is 25.8. The average Bonchev–Trinajstić information content (AvgIpc) is 2.91. The number of hydrogen-bond donors (Lipinski definition) is 0. The lowest BCUT2D eigenvalue weighted by Gasteiger charge is -2.36. The molecule has 0 aromatic rings. The van der Waals surface area contributed by atoms with Crippen LogP contribution in [0.2, 0.25) is 0 Å². The van der Waals surface area contributed by atoms with Crippen LogP contribution in [-0.2, 0) is 38.1 Å². The molecule has 232 valence electrons. The molecule has 1 fully saturated rings. The van der Waals surface area contributed by atoms with Crippen LogP contribution in [0.4, 0.5) is 0 Å². The van der Waals surface area contributed by atoms with E-state index in [-0.39, 0.29) is 44.2 Å². The molecule has 9 nitrogen and oxygen atoms in total. The van der Waals surface area contributed by atoms with Gasteiger partial charge >= 0.3 is 23.9 Å². The number of nitrogens with zero attached hydrogens (tertiary/aromatic N) is 1. The molecule has 1 unspecified atom stereocenters. The Morgan fingerprint density at radius 3 is 2.02 bits per heavy atom. The van der Waals surface area contributed by atoms with Crippen LogP contribution in [0, 0.1) is 0 Å². The van der Waals surface area contributed by atoms with Gasteiger partial charge in [-0.15, -0.1) is 0 Å². The molecule has 0 radical (unpaired) electrons. The highest BCUT2D eigenvalue weighted by Gasteiger charge is 2.36. The highest BCUT2D eigenvalue weighted by atomic mass is 16.6. The smallest absolute Gasteiger partial charge is 0.306 e. The average molecular weight is 570 g/mol. The van der Waals surface area contributed by atoms with E-state index >= 15 is 0 Å². The Morgan fingerprint density at radius 2 is 1.38 bits per heavy atom. The van der Waals surface area contributed by atoms with Gasteiger partial charge in [0, 0.05) is 38.1 Å². The zero-order valence-electron chi connectivity index (χ0n) is 25.8. The number of carbonyl (C=O) groups excluding carboxylic acids is 4. The van der Waals surface area contributed by atoms with Gasteiger partial charge in [0.25, 0.3) is 0 Å². The van der Waals surface area contributed by atoms with Crippen molar-refractivity contribution in [3.05, 3.63) is 0 Å². The Bertz CT molecular complexity index is 743. The number of ether oxygens (including phenoxy) is 4. The van der Waals surface area contributed by atoms with Gasteiger partial charge in [0.1, 0.15) is 12.2 Å². The molecule has 0 aromatic heterocycles. The minimum absolute atomic E-state index is 0.000429. The second kappa shape index (κ2) is 21.6. The SMILES string of the molecule is CCCCC1CCCCN1CCCC(=O)O[C@@H](C)[C@@H](OC(=O)CCC)[C@@H](CCOC(=O)CCC)OC(=O)CCC. The molecule has 0 N–H and O–H groups in total. The second-order valence-corrected chi connectivity index (χ2v) is 10.9. The van der Waals surface area contributed by atoms with Crippen LogP contribution < -0.4 is 0 Å². The maximum Gasteiger partial charge on any atom is 0.306 e. The van der Waals surface area contributed by atoms with Crippen molar-refractivity contribution in [2.75, 3.05) is 19.7 Å². The Balaban J connectivity index is 2.84. The Morgan fingerprint density at radius 1 is 0.750 bits per heavy atom. The maximum atomic E-state index is 12.8. The molecule has 0 amide bonds. The first-order valence-electron chi connectivity index (χ1n) is 15.7. The summed E-state index contributed by atoms with van der Waals surface area (Å²) in [6, 6.07) is 0.594. The van der Waals surface area contributed by atoms with Gasteiger partial charge in [-0.3, -0.25) is 19.2 Å². The molecule has 1 aliphatic heterocycles. The number of carbonyl (C=O) groups is 4. The molecule has 9 heteroatoms. The van der Waals surface area contributed by atoms with E-state index in [2.05, 4.69) is 11.8 Å². The van der Waals surface area contributed by atoms with E-state index in [1.807, 2.05) is 20.8 Å². The summed E-state index contributed by atoms with van der Waals surface area (Å²) >= 11 is 0. The molecule has 1 aliphatic rings. The first-order chi connectivity index (χ1) is 19.2. The molecular weight excluding hydrogens is 514 g/mol. The third-order valence-electron chi connectivity index (χ3n) is 7.19. The van der Waals surface area contributed by atoms with Gasteiger partial charge in [0.2, 0.25) is 0 Å². The van der Waals surface area contributed by atoms with E-state index in [1.165, 1.54) is 38.5 Å². The zero-order chi connectivity index (χ0) is 29.8. The van der Waals surface area contributed by atoms with Crippen LogP contribution in [0.25, 0.3) is 0 Å². The number of hydrogen-bond acceptors (Lipinski definition) is 9. The van der Waals surface area contributed by atoms with E-state index in [9.17, 15) is 19.2 Å². The molecular formula is C31H55NO8. The summed E-state index contributed by atoms with van der Waals surface area (Å²) in [5, 5.41) is 0. The van der Waals surface area contributed by atoms with Gasteiger partial charge in [-0.05, 0) is 65.0 Å². The molecule has 0 aromatic carbocycles. The van der Waals surface area contributed by atoms with E-state index < -0.39 is 30.3 Å². The number of esters is 4. The van der Waals surface area contributed by atoms with Crippen LogP contribution in [0.1, 0.15) is 131 Å². The molecule has 40 heavy (non-hydrogen) atoms. The summed E-state index contributed by atoms with van der Waals surface area (Å²) in [5.74, 6) is -1.62. The first kappa shape index (κ1) is 35.9. The third-order valence-corrected chi connectivity index (χ3v) is 7.19. The summed E-state index contributed by atoms with van der Waals surface area (Å²) in [7, 11) is 0. The van der Waals surface area contributed by atoms with Crippen molar-refractivity contribution in [3.8, 4) is 0 Å². The van der Waals surface area contributed by atoms with Crippen LogP contribution in [-0.4, -0.2) is 72.8 Å². The molecule has 0 aliphatic carbocycles. The molecule has 0 saturated carbocycles. The number of likely N-dealkylation sites (tertiary alicyclic amines) is 1. The fourth-order valence-corrected chi connectivity index (χ4v) is 5.06. The van der Waals surface area contributed by atoms with Crippen molar-refractivity contribution >= 4 is 23.9 Å². The monoisotopic (exact) mass is 569 g/mol. The first-order valence-corrected chi connectivity index (χ1v) is 15.7. The molecule has 1 saturated heterocycles. The van der Waals surface area contributed by atoms with Gasteiger partial charge in [-0.2, -0.15) is 0 Å². The van der Waals surface area contributed by atoms with Crippen molar-refractivity contribution < 1.29 is 38.1 Å². The lowest BCUT2D eigenvalue weighted by molar-refractivity contribution is -0.186. The summed E-state index contributed by atoms with van der Waals surface area (Å²) in [4.78, 5) is 52.1. The molecule has 4 atom stereocenters. The topological polar surface area (TPSA) is 108 Å². The normalized spacial score (nSPS) is 17.9. The Hall–Kier alpha value is -2.16. The predicted molar refractivity (Wildman–Crippen MR) is 154 cm³/mol. The second-order valence-electron chi connectivity index (χ2n) is 10.9. The summed E-state index contributed by atoms with van der Waals surface area (Å²) in [6.45, 7) is 11.4. The van der Waals surface area contributed by atoms with Gasteiger partial charge in [-0.1, -0.05) is 47.0 Å². The minimum Gasteiger partial charge on any atom is -0.466 e.